The van der Waals surface area contributed by atoms with Gasteiger partial charge in [-0.1, -0.05) is 38.1 Å². The van der Waals surface area contributed by atoms with Crippen molar-refractivity contribution in [2.24, 2.45) is 5.92 Å². The van der Waals surface area contributed by atoms with Gasteiger partial charge >= 0.3 is 5.97 Å². The zero-order valence-corrected chi connectivity index (χ0v) is 15.5. The molecule has 2 aromatic carbocycles. The second-order valence-corrected chi connectivity index (χ2v) is 7.20. The fourth-order valence-corrected chi connectivity index (χ4v) is 3.52. The van der Waals surface area contributed by atoms with Crippen LogP contribution in [0.15, 0.2) is 48.5 Å². The number of benzene rings is 2. The van der Waals surface area contributed by atoms with Crippen LogP contribution in [-0.2, 0) is 24.3 Å². The standard InChI is InChI=1S/C21H22N4O2/c1-14(2)11-19-22-15-7-3-5-9-17(15)24(19)12-20-23-16-8-4-6-10-18(16)25(20)13-21(26)27/h3-10,14H,11-13H2,1-2H3,(H,26,27). The van der Waals surface area contributed by atoms with Crippen molar-refractivity contribution in [3.05, 3.63) is 60.2 Å². The fourth-order valence-electron chi connectivity index (χ4n) is 3.52. The number of carbonyl (C=O) groups is 1. The quantitative estimate of drug-likeness (QED) is 0.567. The van der Waals surface area contributed by atoms with E-state index >= 15 is 0 Å². The van der Waals surface area contributed by atoms with Crippen LogP contribution in [0.25, 0.3) is 22.1 Å². The molecule has 2 heterocycles. The lowest BCUT2D eigenvalue weighted by Crippen LogP contribution is -2.16. The molecule has 6 nitrogen and oxygen atoms in total. The third-order valence-corrected chi connectivity index (χ3v) is 4.65. The van der Waals surface area contributed by atoms with E-state index in [1.54, 1.807) is 4.57 Å². The Labute approximate surface area is 157 Å². The van der Waals surface area contributed by atoms with Crippen molar-refractivity contribution >= 4 is 28.0 Å². The Bertz CT molecular complexity index is 1120. The highest BCUT2D eigenvalue weighted by Crippen LogP contribution is 2.22. The average molecular weight is 362 g/mol. The van der Waals surface area contributed by atoms with Gasteiger partial charge in [0.1, 0.15) is 18.2 Å². The molecule has 0 saturated carbocycles. The van der Waals surface area contributed by atoms with E-state index in [1.165, 1.54) is 0 Å². The van der Waals surface area contributed by atoms with Gasteiger partial charge in [0.25, 0.3) is 0 Å². The highest BCUT2D eigenvalue weighted by Gasteiger charge is 2.17. The van der Waals surface area contributed by atoms with Gasteiger partial charge in [-0.2, -0.15) is 0 Å². The van der Waals surface area contributed by atoms with E-state index in [1.807, 2.05) is 42.5 Å². The van der Waals surface area contributed by atoms with E-state index in [4.69, 9.17) is 9.97 Å². The van der Waals surface area contributed by atoms with Crippen molar-refractivity contribution in [1.29, 1.82) is 0 Å². The van der Waals surface area contributed by atoms with Crippen LogP contribution >= 0.6 is 0 Å². The maximum atomic E-state index is 11.4. The summed E-state index contributed by atoms with van der Waals surface area (Å²) >= 11 is 0. The number of rotatable bonds is 6. The molecule has 27 heavy (non-hydrogen) atoms. The summed E-state index contributed by atoms with van der Waals surface area (Å²) < 4.78 is 3.94. The first kappa shape index (κ1) is 17.3. The first-order valence-corrected chi connectivity index (χ1v) is 9.13. The largest absolute Gasteiger partial charge is 0.480 e. The van der Waals surface area contributed by atoms with E-state index in [0.717, 1.165) is 40.1 Å². The summed E-state index contributed by atoms with van der Waals surface area (Å²) in [5.74, 6) is 1.32. The van der Waals surface area contributed by atoms with Crippen LogP contribution in [0.1, 0.15) is 25.5 Å². The molecule has 0 bridgehead atoms. The highest BCUT2D eigenvalue weighted by molar-refractivity contribution is 5.79. The predicted molar refractivity (Wildman–Crippen MR) is 105 cm³/mol. The SMILES string of the molecule is CC(C)Cc1nc2ccccc2n1Cc1nc2ccccc2n1CC(=O)O. The molecule has 0 saturated heterocycles. The second-order valence-electron chi connectivity index (χ2n) is 7.20. The van der Waals surface area contributed by atoms with E-state index < -0.39 is 5.97 Å². The molecule has 0 aliphatic carbocycles. The maximum Gasteiger partial charge on any atom is 0.323 e. The molecule has 0 atom stereocenters. The molecule has 0 aliphatic rings. The number of nitrogens with zero attached hydrogens (tertiary/aromatic N) is 4. The molecule has 0 amide bonds. The van der Waals surface area contributed by atoms with Crippen molar-refractivity contribution < 1.29 is 9.90 Å². The number of para-hydroxylation sites is 4. The van der Waals surface area contributed by atoms with Gasteiger partial charge in [-0.15, -0.1) is 0 Å². The lowest BCUT2D eigenvalue weighted by atomic mass is 10.1. The number of fused-ring (bicyclic) bond motifs is 2. The summed E-state index contributed by atoms with van der Waals surface area (Å²) in [4.78, 5) is 20.9. The van der Waals surface area contributed by atoms with Crippen molar-refractivity contribution in [3.8, 4) is 0 Å². The zero-order valence-electron chi connectivity index (χ0n) is 15.5. The highest BCUT2D eigenvalue weighted by atomic mass is 16.4. The lowest BCUT2D eigenvalue weighted by Gasteiger charge is -2.12. The van der Waals surface area contributed by atoms with Crippen LogP contribution in [-0.4, -0.2) is 30.2 Å². The van der Waals surface area contributed by atoms with Gasteiger partial charge in [0.2, 0.25) is 0 Å². The Morgan fingerprint density at radius 1 is 0.926 bits per heavy atom. The third-order valence-electron chi connectivity index (χ3n) is 4.65. The van der Waals surface area contributed by atoms with E-state index in [0.29, 0.717) is 12.5 Å². The number of hydrogen-bond donors (Lipinski definition) is 1. The number of aliphatic carboxylic acids is 1. The van der Waals surface area contributed by atoms with Crippen LogP contribution in [0.2, 0.25) is 0 Å². The normalized spacial score (nSPS) is 11.7. The molecule has 0 unspecified atom stereocenters. The summed E-state index contributed by atoms with van der Waals surface area (Å²) in [7, 11) is 0. The van der Waals surface area contributed by atoms with Crippen LogP contribution in [0.4, 0.5) is 0 Å². The Morgan fingerprint density at radius 3 is 2.07 bits per heavy atom. The number of hydrogen-bond acceptors (Lipinski definition) is 3. The molecule has 0 aliphatic heterocycles. The van der Waals surface area contributed by atoms with Gasteiger partial charge in [0, 0.05) is 6.42 Å². The number of carboxylic acid groups (broad SMARTS) is 1. The topological polar surface area (TPSA) is 72.9 Å². The summed E-state index contributed by atoms with van der Waals surface area (Å²) in [6.45, 7) is 4.72. The second kappa shape index (κ2) is 6.87. The minimum absolute atomic E-state index is 0.109. The smallest absolute Gasteiger partial charge is 0.323 e. The Kier molecular flexibility index (Phi) is 4.39. The minimum Gasteiger partial charge on any atom is -0.480 e. The lowest BCUT2D eigenvalue weighted by molar-refractivity contribution is -0.137. The summed E-state index contributed by atoms with van der Waals surface area (Å²) in [5.41, 5.74) is 3.64. The molecule has 138 valence electrons. The van der Waals surface area contributed by atoms with E-state index in [9.17, 15) is 9.90 Å². The molecule has 4 rings (SSSR count). The summed E-state index contributed by atoms with van der Waals surface area (Å²) in [6.07, 6.45) is 0.855. The molecular formula is C21H22N4O2. The van der Waals surface area contributed by atoms with Crippen molar-refractivity contribution in [3.63, 3.8) is 0 Å². The van der Waals surface area contributed by atoms with Gasteiger partial charge in [0.15, 0.2) is 0 Å². The molecule has 0 fully saturated rings. The van der Waals surface area contributed by atoms with Crippen molar-refractivity contribution in [2.75, 3.05) is 0 Å². The van der Waals surface area contributed by atoms with Gasteiger partial charge in [-0.3, -0.25) is 4.79 Å². The molecule has 4 aromatic rings. The van der Waals surface area contributed by atoms with Crippen molar-refractivity contribution in [2.45, 2.75) is 33.4 Å². The Hall–Kier alpha value is -3.15. The van der Waals surface area contributed by atoms with Crippen LogP contribution in [0.5, 0.6) is 0 Å². The van der Waals surface area contributed by atoms with Crippen LogP contribution in [0, 0.1) is 5.92 Å². The zero-order chi connectivity index (χ0) is 19.0. The minimum atomic E-state index is -0.878. The number of carboxylic acids is 1. The Morgan fingerprint density at radius 2 is 1.48 bits per heavy atom. The molecule has 0 spiro atoms. The Balaban J connectivity index is 1.85. The van der Waals surface area contributed by atoms with Gasteiger partial charge in [-0.05, 0) is 30.2 Å². The molecular weight excluding hydrogens is 340 g/mol. The van der Waals surface area contributed by atoms with Gasteiger partial charge < -0.3 is 14.2 Å². The van der Waals surface area contributed by atoms with E-state index in [2.05, 4.69) is 24.5 Å². The first-order valence-electron chi connectivity index (χ1n) is 9.13. The molecule has 2 aromatic heterocycles. The third kappa shape index (κ3) is 3.30. The summed E-state index contributed by atoms with van der Waals surface area (Å²) in [5, 5.41) is 9.37. The monoisotopic (exact) mass is 362 g/mol. The molecule has 6 heteroatoms. The molecule has 0 radical (unpaired) electrons. The average Bonchev–Trinajstić information content (AvgIpc) is 3.13. The van der Waals surface area contributed by atoms with Crippen molar-refractivity contribution in [1.82, 2.24) is 19.1 Å². The number of imidazole rings is 2. The van der Waals surface area contributed by atoms with Crippen LogP contribution < -0.4 is 0 Å². The van der Waals surface area contributed by atoms with Gasteiger partial charge in [0.05, 0.1) is 28.6 Å². The van der Waals surface area contributed by atoms with Gasteiger partial charge in [-0.25, -0.2) is 9.97 Å². The summed E-state index contributed by atoms with van der Waals surface area (Å²) in [6, 6.07) is 15.7. The first-order chi connectivity index (χ1) is 13.0. The van der Waals surface area contributed by atoms with Crippen LogP contribution in [0.3, 0.4) is 0 Å². The molecule has 1 N–H and O–H groups in total. The van der Waals surface area contributed by atoms with E-state index in [-0.39, 0.29) is 6.54 Å². The maximum absolute atomic E-state index is 11.4. The fraction of sp³-hybridized carbons (Fsp3) is 0.286. The predicted octanol–water partition coefficient (Wildman–Crippen LogP) is 3.72. The number of aromatic nitrogens is 4.